The Hall–Kier alpha value is -1.57. The van der Waals surface area contributed by atoms with Gasteiger partial charge >= 0.3 is 0 Å². The number of benzene rings is 2. The van der Waals surface area contributed by atoms with Crippen molar-refractivity contribution in [2.75, 3.05) is 37.3 Å². The molecule has 3 aromatic rings. The Labute approximate surface area is 169 Å². The molecule has 0 spiro atoms. The largest absolute Gasteiger partial charge is 0.345 e. The molecular weight excluding hydrogens is 430 g/mol. The van der Waals surface area contributed by atoms with E-state index in [2.05, 4.69) is 45.3 Å². The first-order valence-corrected chi connectivity index (χ1v) is 11.2. The van der Waals surface area contributed by atoms with Crippen molar-refractivity contribution in [3.05, 3.63) is 52.5 Å². The Morgan fingerprint density at radius 3 is 2.62 bits per heavy atom. The Kier molecular flexibility index (Phi) is 5.20. The van der Waals surface area contributed by atoms with Gasteiger partial charge in [0.05, 0.1) is 15.8 Å². The molecule has 0 radical (unpaired) electrons. The van der Waals surface area contributed by atoms with Crippen LogP contribution in [0.15, 0.2) is 51.8 Å². The zero-order valence-corrected chi connectivity index (χ0v) is 17.5. The Morgan fingerprint density at radius 1 is 1.12 bits per heavy atom. The Morgan fingerprint density at radius 2 is 1.88 bits per heavy atom. The number of rotatable bonds is 3. The van der Waals surface area contributed by atoms with Gasteiger partial charge in [-0.3, -0.25) is 4.79 Å². The fourth-order valence-corrected chi connectivity index (χ4v) is 5.24. The number of piperazine rings is 1. The molecule has 1 amide bonds. The van der Waals surface area contributed by atoms with Crippen LogP contribution >= 0.6 is 39.0 Å². The summed E-state index contributed by atoms with van der Waals surface area (Å²) in [6.45, 7) is 3.05. The predicted molar refractivity (Wildman–Crippen MR) is 114 cm³/mol. The van der Waals surface area contributed by atoms with Crippen LogP contribution < -0.4 is 4.90 Å². The number of thioether (sulfide) groups is 1. The third-order valence-corrected chi connectivity index (χ3v) is 7.07. The predicted octanol–water partition coefficient (Wildman–Crippen LogP) is 4.74. The van der Waals surface area contributed by atoms with Gasteiger partial charge < -0.3 is 9.80 Å². The molecule has 2 heterocycles. The van der Waals surface area contributed by atoms with E-state index in [1.807, 2.05) is 29.2 Å². The molecule has 1 aliphatic heterocycles. The Bertz CT molecular complexity index is 951. The molecule has 0 unspecified atom stereocenters. The maximum Gasteiger partial charge on any atom is 0.255 e. The zero-order chi connectivity index (χ0) is 18.1. The third-order valence-electron chi connectivity index (χ3n) is 4.53. The van der Waals surface area contributed by atoms with Gasteiger partial charge in [0, 0.05) is 35.5 Å². The summed E-state index contributed by atoms with van der Waals surface area (Å²) >= 11 is 6.94. The van der Waals surface area contributed by atoms with Crippen LogP contribution in [0.2, 0.25) is 0 Å². The first kappa shape index (κ1) is 17.8. The average Bonchev–Trinajstić information content (AvgIpc) is 3.12. The summed E-state index contributed by atoms with van der Waals surface area (Å²) in [5, 5.41) is 1.05. The number of nitrogens with zero attached hydrogens (tertiary/aromatic N) is 3. The highest BCUT2D eigenvalue weighted by Gasteiger charge is 2.25. The van der Waals surface area contributed by atoms with E-state index < -0.39 is 0 Å². The molecule has 1 aliphatic rings. The second-order valence-corrected chi connectivity index (χ2v) is 8.77. The molecule has 0 aliphatic carbocycles. The molecule has 134 valence electrons. The molecule has 4 nitrogen and oxygen atoms in total. The Balaban J connectivity index is 1.49. The van der Waals surface area contributed by atoms with Crippen molar-refractivity contribution in [2.45, 2.75) is 4.90 Å². The van der Waals surface area contributed by atoms with Crippen molar-refractivity contribution in [3.63, 3.8) is 0 Å². The lowest BCUT2D eigenvalue weighted by Gasteiger charge is -2.34. The first-order chi connectivity index (χ1) is 12.7. The molecule has 26 heavy (non-hydrogen) atoms. The van der Waals surface area contributed by atoms with Crippen LogP contribution in [0.5, 0.6) is 0 Å². The van der Waals surface area contributed by atoms with Gasteiger partial charge in [-0.25, -0.2) is 4.98 Å². The lowest BCUT2D eigenvalue weighted by atomic mass is 10.2. The summed E-state index contributed by atoms with van der Waals surface area (Å²) in [7, 11) is 0. The number of hydrogen-bond donors (Lipinski definition) is 0. The monoisotopic (exact) mass is 447 g/mol. The number of carbonyl (C=O) groups excluding carboxylic acids is 1. The number of carbonyl (C=O) groups is 1. The fourth-order valence-electron chi connectivity index (χ4n) is 3.12. The van der Waals surface area contributed by atoms with Crippen LogP contribution in [0.25, 0.3) is 10.2 Å². The number of para-hydroxylation sites is 1. The average molecular weight is 448 g/mol. The normalized spacial score (nSPS) is 14.8. The van der Waals surface area contributed by atoms with Gasteiger partial charge in [0.15, 0.2) is 5.13 Å². The number of amides is 1. The number of anilines is 1. The van der Waals surface area contributed by atoms with Gasteiger partial charge in [0.2, 0.25) is 0 Å². The molecular formula is C19H18BrN3OS2. The molecule has 0 bridgehead atoms. The summed E-state index contributed by atoms with van der Waals surface area (Å²) in [5.41, 5.74) is 1.82. The van der Waals surface area contributed by atoms with Crippen molar-refractivity contribution in [1.82, 2.24) is 9.88 Å². The molecule has 4 rings (SSSR count). The smallest absolute Gasteiger partial charge is 0.255 e. The van der Waals surface area contributed by atoms with E-state index in [0.717, 1.165) is 33.8 Å². The lowest BCUT2D eigenvalue weighted by molar-refractivity contribution is 0.0746. The van der Waals surface area contributed by atoms with E-state index in [1.54, 1.807) is 23.1 Å². The van der Waals surface area contributed by atoms with Crippen LogP contribution in [0.3, 0.4) is 0 Å². The van der Waals surface area contributed by atoms with E-state index in [1.165, 1.54) is 9.60 Å². The van der Waals surface area contributed by atoms with Crippen LogP contribution in [0, 0.1) is 0 Å². The second-order valence-electron chi connectivity index (χ2n) is 6.06. The highest BCUT2D eigenvalue weighted by Crippen LogP contribution is 2.34. The summed E-state index contributed by atoms with van der Waals surface area (Å²) in [4.78, 5) is 23.0. The summed E-state index contributed by atoms with van der Waals surface area (Å²) in [6.07, 6.45) is 2.08. The molecule has 0 N–H and O–H groups in total. The number of halogens is 1. The zero-order valence-electron chi connectivity index (χ0n) is 14.3. The van der Waals surface area contributed by atoms with Crippen LogP contribution in [-0.2, 0) is 0 Å². The van der Waals surface area contributed by atoms with E-state index in [-0.39, 0.29) is 5.91 Å². The standard InChI is InChI=1S/C19H18BrN3OS2/c1-25-15-7-4-8-16-17(15)21-19(26-16)23-11-9-22(10-12-23)18(24)13-5-2-3-6-14(13)20/h2-8H,9-12H2,1H3. The van der Waals surface area contributed by atoms with Crippen molar-refractivity contribution in [1.29, 1.82) is 0 Å². The quantitative estimate of drug-likeness (QED) is 0.543. The fraction of sp³-hybridized carbons (Fsp3) is 0.263. The van der Waals surface area contributed by atoms with Gasteiger partial charge in [0.1, 0.15) is 0 Å². The number of hydrogen-bond acceptors (Lipinski definition) is 5. The number of thiazole rings is 1. The topological polar surface area (TPSA) is 36.4 Å². The summed E-state index contributed by atoms with van der Waals surface area (Å²) in [5.74, 6) is 0.0890. The van der Waals surface area contributed by atoms with Gasteiger partial charge in [-0.1, -0.05) is 29.5 Å². The maximum absolute atomic E-state index is 12.7. The van der Waals surface area contributed by atoms with Crippen LogP contribution in [0.4, 0.5) is 5.13 Å². The SMILES string of the molecule is CSc1cccc2sc(N3CCN(C(=O)c4ccccc4Br)CC3)nc12. The van der Waals surface area contributed by atoms with Crippen molar-refractivity contribution >= 4 is 60.3 Å². The summed E-state index contributed by atoms with van der Waals surface area (Å²) < 4.78 is 2.07. The van der Waals surface area contributed by atoms with E-state index >= 15 is 0 Å². The number of fused-ring (bicyclic) bond motifs is 1. The van der Waals surface area contributed by atoms with E-state index in [0.29, 0.717) is 13.1 Å². The highest BCUT2D eigenvalue weighted by molar-refractivity contribution is 9.10. The van der Waals surface area contributed by atoms with Gasteiger partial charge in [0.25, 0.3) is 5.91 Å². The van der Waals surface area contributed by atoms with Crippen molar-refractivity contribution < 1.29 is 4.79 Å². The molecule has 7 heteroatoms. The van der Waals surface area contributed by atoms with Gasteiger partial charge in [-0.15, -0.1) is 11.8 Å². The summed E-state index contributed by atoms with van der Waals surface area (Å²) in [6, 6.07) is 13.9. The third kappa shape index (κ3) is 3.35. The molecule has 0 saturated carbocycles. The minimum Gasteiger partial charge on any atom is -0.345 e. The van der Waals surface area contributed by atoms with Crippen molar-refractivity contribution in [2.24, 2.45) is 0 Å². The van der Waals surface area contributed by atoms with Crippen LogP contribution in [0.1, 0.15) is 10.4 Å². The number of aromatic nitrogens is 1. The van der Waals surface area contributed by atoms with Gasteiger partial charge in [-0.05, 0) is 46.5 Å². The van der Waals surface area contributed by atoms with E-state index in [9.17, 15) is 4.79 Å². The minimum atomic E-state index is 0.0890. The maximum atomic E-state index is 12.7. The highest BCUT2D eigenvalue weighted by atomic mass is 79.9. The molecule has 0 atom stereocenters. The molecule has 1 saturated heterocycles. The second kappa shape index (κ2) is 7.58. The lowest BCUT2D eigenvalue weighted by Crippen LogP contribution is -2.48. The molecule has 1 fully saturated rings. The van der Waals surface area contributed by atoms with E-state index in [4.69, 9.17) is 4.98 Å². The first-order valence-electron chi connectivity index (χ1n) is 8.39. The minimum absolute atomic E-state index is 0.0890. The molecule has 2 aromatic carbocycles. The van der Waals surface area contributed by atoms with Gasteiger partial charge in [-0.2, -0.15) is 0 Å². The van der Waals surface area contributed by atoms with Crippen molar-refractivity contribution in [3.8, 4) is 0 Å². The van der Waals surface area contributed by atoms with Crippen LogP contribution in [-0.4, -0.2) is 48.2 Å². The molecule has 1 aromatic heterocycles.